The summed E-state index contributed by atoms with van der Waals surface area (Å²) in [6.45, 7) is 0. The fourth-order valence-electron chi connectivity index (χ4n) is 15.8. The van der Waals surface area contributed by atoms with Crippen LogP contribution in [0.15, 0.2) is 0 Å². The molecule has 11 heavy (non-hydrogen) atoms. The molecule has 0 nitrogen and oxygen atoms in total. The van der Waals surface area contributed by atoms with E-state index in [0.29, 0.717) is 0 Å². The first kappa shape index (κ1) is 3.09. The van der Waals surface area contributed by atoms with E-state index in [0.717, 1.165) is 0 Å². The standard InChI is InChI=1S/2C5H5.Os/c2*1-2-4-5-3-1;/h2*1-5H;. The Kier molecular flexibility index (Phi) is 0.0485. The average Bonchev–Trinajstić information content (AvgIpc) is 3.01. The molecule has 10 heterocycles. The zero-order chi connectivity index (χ0) is 6.09. The quantitative estimate of drug-likeness (QED) is 0.642. The summed E-state index contributed by atoms with van der Waals surface area (Å²) < 4.78 is 16.2. The van der Waals surface area contributed by atoms with Crippen LogP contribution >= 0.6 is 0 Å². The first-order chi connectivity index (χ1) is 5.16. The minimum absolute atomic E-state index is 1.62. The topological polar surface area (TPSA) is 0 Å². The van der Waals surface area contributed by atoms with Crippen molar-refractivity contribution in [1.29, 1.82) is 0 Å². The van der Waals surface area contributed by atoms with Gasteiger partial charge >= 0.3 is 52.6 Å². The molecular weight excluding hydrogens is 310 g/mol. The molecule has 0 saturated carbocycles. The average molecular weight is 320 g/mol. The molecule has 0 aromatic heterocycles. The van der Waals surface area contributed by atoms with Crippen LogP contribution in [0, 0.1) is 0 Å². The van der Waals surface area contributed by atoms with Crippen LogP contribution in [-0.4, -0.2) is 0 Å². The number of hydrogen-bond acceptors (Lipinski definition) is 0. The van der Waals surface area contributed by atoms with E-state index in [2.05, 4.69) is 0 Å². The van der Waals surface area contributed by atoms with Gasteiger partial charge in [0.05, 0.1) is 0 Å². The summed E-state index contributed by atoms with van der Waals surface area (Å²) in [7, 11) is -2.67. The zero-order valence-electron chi connectivity index (χ0n) is 6.13. The Morgan fingerprint density at radius 2 is 0.545 bits per heavy atom. The van der Waals surface area contributed by atoms with Crippen LogP contribution in [-0.2, 0) is 7.88 Å². The van der Waals surface area contributed by atoms with Crippen LogP contribution in [0.2, 0.25) is 44.7 Å². The summed E-state index contributed by atoms with van der Waals surface area (Å²) in [6.07, 6.45) is 0. The van der Waals surface area contributed by atoms with Gasteiger partial charge in [0.15, 0.2) is 0 Å². The van der Waals surface area contributed by atoms with Crippen LogP contribution in [0.5, 0.6) is 0 Å². The third-order valence-electron chi connectivity index (χ3n) is 14.5. The van der Waals surface area contributed by atoms with Crippen molar-refractivity contribution in [2.45, 2.75) is 44.7 Å². The minimum atomic E-state index is -2.67. The molecule has 10 aliphatic rings. The predicted octanol–water partition coefficient (Wildman–Crippen LogP) is 3.38. The summed E-state index contributed by atoms with van der Waals surface area (Å²) in [6, 6.07) is 0. The van der Waals surface area contributed by atoms with Gasteiger partial charge in [0.2, 0.25) is 0 Å². The Morgan fingerprint density at radius 1 is 0.364 bits per heavy atom. The zero-order valence-corrected chi connectivity index (χ0v) is 8.67. The van der Waals surface area contributed by atoms with E-state index < -0.39 is 7.88 Å². The molecule has 0 aromatic carbocycles. The molecule has 1 heteroatoms. The summed E-state index contributed by atoms with van der Waals surface area (Å²) in [5.41, 5.74) is 0. The normalized spacial score (nSPS) is 171. The van der Waals surface area contributed by atoms with Crippen molar-refractivity contribution in [1.82, 2.24) is 0 Å². The summed E-state index contributed by atoms with van der Waals surface area (Å²) in [4.78, 5) is 0. The fourth-order valence-corrected chi connectivity index (χ4v) is 238. The molecule has 10 aliphatic heterocycles. The SMILES string of the molecule is [CH]12[CH]3[CH]4[CH]5[CH]1[Os]23451678[CH]2[CH]1[CH]6[CH]7[CH]28. The molecule has 10 saturated heterocycles. The van der Waals surface area contributed by atoms with E-state index in [-0.39, 0.29) is 0 Å². The number of hydrogen-bond donors (Lipinski definition) is 0. The van der Waals surface area contributed by atoms with E-state index in [9.17, 15) is 0 Å². The van der Waals surface area contributed by atoms with Crippen molar-refractivity contribution < 1.29 is 7.88 Å². The van der Waals surface area contributed by atoms with Gasteiger partial charge in [0.25, 0.3) is 0 Å². The molecule has 1 spiro atoms. The Morgan fingerprint density at radius 3 is 0.545 bits per heavy atom. The molecular formula is C10H10Os. The van der Waals surface area contributed by atoms with Crippen molar-refractivity contribution >= 4 is 0 Å². The van der Waals surface area contributed by atoms with Crippen molar-refractivity contribution in [3.05, 3.63) is 0 Å². The molecule has 0 aliphatic carbocycles. The van der Waals surface area contributed by atoms with E-state index in [1.165, 1.54) is 0 Å². The van der Waals surface area contributed by atoms with Crippen LogP contribution in [0.4, 0.5) is 0 Å². The van der Waals surface area contributed by atoms with E-state index in [4.69, 9.17) is 0 Å². The molecule has 0 N–H and O–H groups in total. The third kappa shape index (κ3) is 0.0197. The summed E-state index contributed by atoms with van der Waals surface area (Å²) in [5.74, 6) is 0. The first-order valence-corrected chi connectivity index (χ1v) is 20.0. The van der Waals surface area contributed by atoms with Gasteiger partial charge in [0.1, 0.15) is 0 Å². The number of rotatable bonds is 0. The van der Waals surface area contributed by atoms with Gasteiger partial charge in [-0.3, -0.25) is 0 Å². The molecule has 0 atom stereocenters. The van der Waals surface area contributed by atoms with Gasteiger partial charge in [-0.1, -0.05) is 0 Å². The molecule has 0 bridgehead atoms. The molecule has 0 radical (unpaired) electrons. The van der Waals surface area contributed by atoms with Crippen LogP contribution in [0.1, 0.15) is 0 Å². The van der Waals surface area contributed by atoms with Crippen LogP contribution in [0.25, 0.3) is 0 Å². The second-order valence-corrected chi connectivity index (χ2v) is 64.6. The van der Waals surface area contributed by atoms with Crippen molar-refractivity contribution in [3.8, 4) is 0 Å². The molecule has 0 aromatic rings. The first-order valence-electron chi connectivity index (χ1n) is 5.37. The molecule has 0 unspecified atom stereocenters. The van der Waals surface area contributed by atoms with E-state index in [1.54, 1.807) is 44.7 Å². The summed E-state index contributed by atoms with van der Waals surface area (Å²) in [5, 5.41) is 0. The number of fused-ring (bicyclic) bond motifs is 10. The van der Waals surface area contributed by atoms with Gasteiger partial charge in [-0.25, -0.2) is 0 Å². The van der Waals surface area contributed by atoms with Crippen LogP contribution in [0.3, 0.4) is 0 Å². The Hall–Kier alpha value is 0.636. The predicted molar refractivity (Wildman–Crippen MR) is 37.5 cm³/mol. The maximum absolute atomic E-state index is 2.67. The Bertz CT molecular complexity index is 572. The van der Waals surface area contributed by atoms with Gasteiger partial charge in [-0.15, -0.1) is 0 Å². The van der Waals surface area contributed by atoms with Gasteiger partial charge in [-0.05, 0) is 0 Å². The van der Waals surface area contributed by atoms with Crippen molar-refractivity contribution in [2.75, 3.05) is 0 Å². The summed E-state index contributed by atoms with van der Waals surface area (Å²) >= 11 is 0. The molecule has 10 fully saturated rings. The second kappa shape index (κ2) is 0.173. The van der Waals surface area contributed by atoms with E-state index >= 15 is 0 Å². The van der Waals surface area contributed by atoms with Crippen molar-refractivity contribution in [2.24, 2.45) is 0 Å². The Labute approximate surface area is 52.8 Å². The van der Waals surface area contributed by atoms with E-state index in [1.807, 2.05) is 0 Å². The molecule has 0 amide bonds. The maximum atomic E-state index is 1.62. The van der Waals surface area contributed by atoms with Gasteiger partial charge in [0, 0.05) is 0 Å². The van der Waals surface area contributed by atoms with Gasteiger partial charge < -0.3 is 0 Å². The third-order valence-corrected chi connectivity index (χ3v) is 111. The monoisotopic (exact) mass is 322 g/mol. The Balaban J connectivity index is 2.46. The molecule has 10 rings (SSSR count). The van der Waals surface area contributed by atoms with Crippen molar-refractivity contribution in [3.63, 3.8) is 0 Å². The fraction of sp³-hybridized carbons (Fsp3) is 1.00. The van der Waals surface area contributed by atoms with Crippen LogP contribution < -0.4 is 0 Å². The second-order valence-electron chi connectivity index (χ2n) is 9.58. The van der Waals surface area contributed by atoms with Gasteiger partial charge in [-0.2, -0.15) is 0 Å². The molecule has 58 valence electrons.